The van der Waals surface area contributed by atoms with Crippen LogP contribution < -0.4 is 5.32 Å². The number of rotatable bonds is 8. The van der Waals surface area contributed by atoms with Gasteiger partial charge in [-0.3, -0.25) is 14.5 Å². The Morgan fingerprint density at radius 2 is 1.71 bits per heavy atom. The Morgan fingerprint density at radius 3 is 2.29 bits per heavy atom. The Kier molecular flexibility index (Phi) is 7.01. The molecule has 4 amide bonds. The lowest BCUT2D eigenvalue weighted by Gasteiger charge is -2.27. The number of carbonyl (C=O) groups is 3. The van der Waals surface area contributed by atoms with Crippen molar-refractivity contribution in [2.45, 2.75) is 45.7 Å². The third-order valence-corrected chi connectivity index (χ3v) is 5.93. The summed E-state index contributed by atoms with van der Waals surface area (Å²) >= 11 is 5.98. The summed E-state index contributed by atoms with van der Waals surface area (Å²) in [6, 6.07) is 14.3. The number of aryl methyl sites for hydroxylation is 1. The van der Waals surface area contributed by atoms with E-state index >= 15 is 0 Å². The Hall–Kier alpha value is -2.86. The predicted octanol–water partition coefficient (Wildman–Crippen LogP) is 4.24. The van der Waals surface area contributed by atoms with Crippen molar-refractivity contribution in [1.29, 1.82) is 0 Å². The second kappa shape index (κ2) is 9.52. The summed E-state index contributed by atoms with van der Waals surface area (Å²) in [4.78, 5) is 41.8. The van der Waals surface area contributed by atoms with Gasteiger partial charge in [0.1, 0.15) is 12.1 Å². The summed E-state index contributed by atoms with van der Waals surface area (Å²) < 4.78 is 0. The largest absolute Gasteiger partial charge is 0.337 e. The fourth-order valence-corrected chi connectivity index (χ4v) is 3.98. The normalized spacial score (nSPS) is 18.3. The molecule has 0 radical (unpaired) electrons. The number of imide groups is 1. The van der Waals surface area contributed by atoms with E-state index < -0.39 is 17.5 Å². The third kappa shape index (κ3) is 4.74. The van der Waals surface area contributed by atoms with Gasteiger partial charge in [0.05, 0.1) is 0 Å². The number of hydrogen-bond donors (Lipinski definition) is 1. The highest BCUT2D eigenvalue weighted by Gasteiger charge is 2.51. The van der Waals surface area contributed by atoms with E-state index in [1.54, 1.807) is 29.2 Å². The number of halogens is 1. The lowest BCUT2D eigenvalue weighted by molar-refractivity contribution is -0.139. The maximum absolute atomic E-state index is 13.3. The number of amides is 4. The van der Waals surface area contributed by atoms with Crippen LogP contribution in [0.5, 0.6) is 0 Å². The topological polar surface area (TPSA) is 69.7 Å². The monoisotopic (exact) mass is 441 g/mol. The van der Waals surface area contributed by atoms with Gasteiger partial charge in [-0.1, -0.05) is 67.4 Å². The number of urea groups is 1. The molecular formula is C24H28ClN3O3. The van der Waals surface area contributed by atoms with Crippen molar-refractivity contribution in [2.75, 3.05) is 13.1 Å². The van der Waals surface area contributed by atoms with Crippen molar-refractivity contribution in [3.63, 3.8) is 0 Å². The first-order valence-electron chi connectivity index (χ1n) is 10.5. The predicted molar refractivity (Wildman–Crippen MR) is 121 cm³/mol. The summed E-state index contributed by atoms with van der Waals surface area (Å²) in [7, 11) is 0. The van der Waals surface area contributed by atoms with Crippen molar-refractivity contribution in [3.8, 4) is 0 Å². The molecule has 1 atom stereocenters. The van der Waals surface area contributed by atoms with Crippen LogP contribution in [0.25, 0.3) is 0 Å². The first-order chi connectivity index (χ1) is 14.8. The zero-order chi connectivity index (χ0) is 22.6. The fourth-order valence-electron chi connectivity index (χ4n) is 3.85. The number of hydrogen-bond acceptors (Lipinski definition) is 3. The van der Waals surface area contributed by atoms with Gasteiger partial charge in [-0.2, -0.15) is 0 Å². The van der Waals surface area contributed by atoms with Gasteiger partial charge in [0.2, 0.25) is 5.91 Å². The molecule has 0 aliphatic carbocycles. The summed E-state index contributed by atoms with van der Waals surface area (Å²) in [5.41, 5.74) is 1.62. The minimum absolute atomic E-state index is 0.256. The molecule has 1 fully saturated rings. The van der Waals surface area contributed by atoms with Gasteiger partial charge in [0.15, 0.2) is 0 Å². The van der Waals surface area contributed by atoms with E-state index in [0.717, 1.165) is 22.4 Å². The molecule has 1 unspecified atom stereocenters. The average molecular weight is 442 g/mol. The van der Waals surface area contributed by atoms with E-state index in [-0.39, 0.29) is 12.5 Å². The molecule has 2 aromatic carbocycles. The highest BCUT2D eigenvalue weighted by molar-refractivity contribution is 6.30. The molecular weight excluding hydrogens is 414 g/mol. The Bertz CT molecular complexity index is 959. The second-order valence-electron chi connectivity index (χ2n) is 7.89. The molecule has 0 saturated carbocycles. The average Bonchev–Trinajstić information content (AvgIpc) is 3.00. The molecule has 1 heterocycles. The molecule has 3 rings (SSSR count). The highest BCUT2D eigenvalue weighted by atomic mass is 35.5. The number of carbonyl (C=O) groups excluding carboxylic acids is 3. The van der Waals surface area contributed by atoms with E-state index in [4.69, 9.17) is 11.6 Å². The summed E-state index contributed by atoms with van der Waals surface area (Å²) in [6.45, 7) is 6.53. The Morgan fingerprint density at radius 1 is 1.06 bits per heavy atom. The molecule has 0 spiro atoms. The Labute approximate surface area is 188 Å². The van der Waals surface area contributed by atoms with Gasteiger partial charge in [-0.15, -0.1) is 0 Å². The van der Waals surface area contributed by atoms with Crippen LogP contribution in [0.4, 0.5) is 4.79 Å². The smallest absolute Gasteiger partial charge is 0.325 e. The first kappa shape index (κ1) is 22.8. The van der Waals surface area contributed by atoms with Crippen molar-refractivity contribution in [1.82, 2.24) is 15.1 Å². The minimum atomic E-state index is -1.19. The second-order valence-corrected chi connectivity index (χ2v) is 8.32. The minimum Gasteiger partial charge on any atom is -0.337 e. The molecule has 6 nitrogen and oxygen atoms in total. The molecule has 1 saturated heterocycles. The molecule has 1 aliphatic rings. The van der Waals surface area contributed by atoms with E-state index in [2.05, 4.69) is 5.32 Å². The van der Waals surface area contributed by atoms with Gasteiger partial charge < -0.3 is 10.2 Å². The van der Waals surface area contributed by atoms with Crippen molar-refractivity contribution in [2.24, 2.45) is 0 Å². The van der Waals surface area contributed by atoms with E-state index in [0.29, 0.717) is 30.1 Å². The molecule has 0 aromatic heterocycles. The molecule has 1 N–H and O–H groups in total. The zero-order valence-corrected chi connectivity index (χ0v) is 18.9. The van der Waals surface area contributed by atoms with Gasteiger partial charge in [-0.05, 0) is 43.0 Å². The number of nitrogens with zero attached hydrogens (tertiary/aromatic N) is 2. The van der Waals surface area contributed by atoms with Crippen LogP contribution >= 0.6 is 11.6 Å². The molecule has 0 bridgehead atoms. The molecule has 164 valence electrons. The third-order valence-electron chi connectivity index (χ3n) is 5.68. The molecule has 7 heteroatoms. The highest BCUT2D eigenvalue weighted by Crippen LogP contribution is 2.33. The lowest BCUT2D eigenvalue weighted by Crippen LogP contribution is -2.45. The van der Waals surface area contributed by atoms with Crippen LogP contribution in [0.15, 0.2) is 48.5 Å². The summed E-state index contributed by atoms with van der Waals surface area (Å²) in [6.07, 6.45) is 1.15. The van der Waals surface area contributed by atoms with Crippen molar-refractivity contribution in [3.05, 3.63) is 70.2 Å². The van der Waals surface area contributed by atoms with Gasteiger partial charge in [0.25, 0.3) is 5.91 Å². The van der Waals surface area contributed by atoms with Crippen LogP contribution in [-0.4, -0.2) is 40.7 Å². The van der Waals surface area contributed by atoms with E-state index in [1.807, 2.05) is 45.0 Å². The summed E-state index contributed by atoms with van der Waals surface area (Å²) in [5.74, 6) is -0.670. The van der Waals surface area contributed by atoms with Gasteiger partial charge >= 0.3 is 6.03 Å². The Balaban J connectivity index is 1.78. The molecule has 2 aromatic rings. The van der Waals surface area contributed by atoms with Crippen molar-refractivity contribution >= 4 is 29.4 Å². The van der Waals surface area contributed by atoms with Crippen LogP contribution in [0, 0.1) is 6.92 Å². The van der Waals surface area contributed by atoms with Crippen LogP contribution in [0.3, 0.4) is 0 Å². The summed E-state index contributed by atoms with van der Waals surface area (Å²) in [5, 5.41) is 3.35. The van der Waals surface area contributed by atoms with E-state index in [1.165, 1.54) is 0 Å². The first-order valence-corrected chi connectivity index (χ1v) is 10.9. The molecule has 1 aliphatic heterocycles. The fraction of sp³-hybridized carbons (Fsp3) is 0.375. The number of benzene rings is 2. The lowest BCUT2D eigenvalue weighted by atomic mass is 9.87. The standard InChI is InChI=1S/C24H28ClN3O3/c1-4-14-27(15-18-8-6-17(3)7-9-18)21(29)16-28-22(30)24(5-2,26-23(28)31)19-10-12-20(25)13-11-19/h6-13H,4-5,14-16H2,1-3H3,(H,26,31). The maximum atomic E-state index is 13.3. The van der Waals surface area contributed by atoms with Crippen LogP contribution in [0.2, 0.25) is 5.02 Å². The zero-order valence-electron chi connectivity index (χ0n) is 18.2. The van der Waals surface area contributed by atoms with Gasteiger partial charge in [0, 0.05) is 18.1 Å². The van der Waals surface area contributed by atoms with E-state index in [9.17, 15) is 14.4 Å². The van der Waals surface area contributed by atoms with Crippen LogP contribution in [0.1, 0.15) is 43.4 Å². The van der Waals surface area contributed by atoms with Crippen LogP contribution in [-0.2, 0) is 21.7 Å². The maximum Gasteiger partial charge on any atom is 0.325 e. The van der Waals surface area contributed by atoms with Gasteiger partial charge in [-0.25, -0.2) is 4.79 Å². The number of nitrogens with one attached hydrogen (secondary N) is 1. The SMILES string of the molecule is CCCN(Cc1ccc(C)cc1)C(=O)CN1C(=O)NC(CC)(c2ccc(Cl)cc2)C1=O. The van der Waals surface area contributed by atoms with Crippen molar-refractivity contribution < 1.29 is 14.4 Å². The quantitative estimate of drug-likeness (QED) is 0.623. The molecule has 31 heavy (non-hydrogen) atoms.